The third-order valence-electron chi connectivity index (χ3n) is 2.17. The van der Waals surface area contributed by atoms with Gasteiger partial charge in [-0.3, -0.25) is 4.31 Å². The summed E-state index contributed by atoms with van der Waals surface area (Å²) in [5.41, 5.74) is -1.67. The van der Waals surface area contributed by atoms with E-state index >= 15 is 0 Å². The molecule has 0 radical (unpaired) electrons. The van der Waals surface area contributed by atoms with E-state index in [4.69, 9.17) is 11.8 Å². The minimum absolute atomic E-state index is 0.853. The first-order chi connectivity index (χ1) is 8.56. The Morgan fingerprint density at radius 1 is 0.833 bits per heavy atom. The molecule has 0 spiro atoms. The van der Waals surface area contributed by atoms with Gasteiger partial charge >= 0.3 is 0 Å². The van der Waals surface area contributed by atoms with Crippen LogP contribution < -0.4 is 4.31 Å². The highest BCUT2D eigenvalue weighted by Crippen LogP contribution is 2.55. The van der Waals surface area contributed by atoms with E-state index < -0.39 is 5.69 Å². The molecule has 2 rings (SSSR count). The second kappa shape index (κ2) is 5.87. The number of hydrogen-bond donors (Lipinski definition) is 2. The van der Waals surface area contributed by atoms with E-state index in [9.17, 15) is 9.79 Å². The van der Waals surface area contributed by atoms with Gasteiger partial charge < -0.3 is 9.79 Å². The normalized spacial score (nSPS) is 11.2. The summed E-state index contributed by atoms with van der Waals surface area (Å²) in [6.07, 6.45) is 0. The molecule has 0 amide bonds. The van der Waals surface area contributed by atoms with Crippen molar-refractivity contribution in [1.82, 2.24) is 0 Å². The van der Waals surface area contributed by atoms with Gasteiger partial charge in [0.05, 0.1) is 11.4 Å². The molecule has 0 heterocycles. The van der Waals surface area contributed by atoms with Crippen LogP contribution in [-0.4, -0.2) is 9.79 Å². The highest BCUT2D eigenvalue weighted by molar-refractivity contribution is 8.67. The number of nitrogens with zero attached hydrogens (tertiary/aromatic N) is 1. The van der Waals surface area contributed by atoms with Crippen molar-refractivity contribution in [3.8, 4) is 0 Å². The maximum absolute atomic E-state index is 9.51. The van der Waals surface area contributed by atoms with Gasteiger partial charge in [0.15, 0.2) is 0 Å². The van der Waals surface area contributed by atoms with Gasteiger partial charge in [-0.25, -0.2) is 0 Å². The van der Waals surface area contributed by atoms with Crippen molar-refractivity contribution >= 4 is 40.4 Å². The zero-order valence-corrected chi connectivity index (χ0v) is 11.9. The van der Waals surface area contributed by atoms with Crippen LogP contribution >= 0.6 is 17.3 Å². The van der Waals surface area contributed by atoms with Gasteiger partial charge in [0.25, 0.3) is 5.69 Å². The Hall–Kier alpha value is -0.840. The van der Waals surface area contributed by atoms with E-state index in [2.05, 4.69) is 0 Å². The second-order valence-electron chi connectivity index (χ2n) is 3.54. The molecule has 0 aliphatic rings. The highest BCUT2D eigenvalue weighted by Gasteiger charge is 2.18. The first-order valence-corrected chi connectivity index (χ1v) is 9.30. The van der Waals surface area contributed by atoms with Gasteiger partial charge in [-0.2, -0.15) is 0 Å². The number of para-hydroxylation sites is 2. The lowest BCUT2D eigenvalue weighted by Gasteiger charge is -2.24. The Balaban J connectivity index is 2.39. The van der Waals surface area contributed by atoms with Crippen molar-refractivity contribution in [2.75, 3.05) is 4.31 Å². The molecule has 2 aromatic carbocycles. The molecule has 18 heavy (non-hydrogen) atoms. The first kappa shape index (κ1) is 13.6. The molecular formula is C12H12NO2PS2. The molecule has 0 aromatic heterocycles. The van der Waals surface area contributed by atoms with E-state index in [0.717, 1.165) is 22.9 Å². The zero-order valence-electron chi connectivity index (χ0n) is 9.38. The summed E-state index contributed by atoms with van der Waals surface area (Å²) in [7, 11) is 0. The quantitative estimate of drug-likeness (QED) is 0.665. The Labute approximate surface area is 115 Å². The van der Waals surface area contributed by atoms with Gasteiger partial charge in [-0.05, 0) is 36.1 Å². The lowest BCUT2D eigenvalue weighted by molar-refractivity contribution is 0.502. The van der Waals surface area contributed by atoms with E-state index in [1.165, 1.54) is 0 Å². The van der Waals surface area contributed by atoms with Crippen LogP contribution in [0.15, 0.2) is 60.7 Å². The third-order valence-corrected chi connectivity index (χ3v) is 4.70. The minimum atomic E-state index is -3.38. The Morgan fingerprint density at radius 2 is 1.22 bits per heavy atom. The van der Waals surface area contributed by atoms with Crippen LogP contribution in [0.1, 0.15) is 0 Å². The van der Waals surface area contributed by atoms with Crippen LogP contribution in [0, 0.1) is 0 Å². The van der Waals surface area contributed by atoms with Crippen molar-refractivity contribution in [3.63, 3.8) is 0 Å². The fourth-order valence-corrected chi connectivity index (χ4v) is 3.93. The number of hydrogen-bond acceptors (Lipinski definition) is 3. The predicted octanol–water partition coefficient (Wildman–Crippen LogP) is 3.68. The monoisotopic (exact) mass is 297 g/mol. The molecule has 0 aliphatic heterocycles. The van der Waals surface area contributed by atoms with Crippen LogP contribution in [0.3, 0.4) is 0 Å². The van der Waals surface area contributed by atoms with Crippen LogP contribution in [0.25, 0.3) is 0 Å². The molecule has 94 valence electrons. The van der Waals surface area contributed by atoms with E-state index in [0.29, 0.717) is 0 Å². The molecule has 0 unspecified atom stereocenters. The van der Waals surface area contributed by atoms with Gasteiger partial charge in [-0.15, -0.1) is 0 Å². The number of benzene rings is 2. The van der Waals surface area contributed by atoms with E-state index in [1.54, 1.807) is 4.31 Å². The molecule has 2 N–H and O–H groups in total. The summed E-state index contributed by atoms with van der Waals surface area (Å²) in [6, 6.07) is 19.0. The number of rotatable bonds is 4. The predicted molar refractivity (Wildman–Crippen MR) is 81.3 cm³/mol. The van der Waals surface area contributed by atoms with Crippen molar-refractivity contribution in [3.05, 3.63) is 60.7 Å². The van der Waals surface area contributed by atoms with Crippen LogP contribution in [0.5, 0.6) is 0 Å². The van der Waals surface area contributed by atoms with Gasteiger partial charge in [-0.1, -0.05) is 36.4 Å². The molecule has 0 bridgehead atoms. The lowest BCUT2D eigenvalue weighted by atomic mass is 10.3. The largest absolute Gasteiger partial charge is 0.336 e. The summed E-state index contributed by atoms with van der Waals surface area (Å²) < 4.78 is 1.74. The summed E-state index contributed by atoms with van der Waals surface area (Å²) in [6.45, 7) is 0. The van der Waals surface area contributed by atoms with Crippen molar-refractivity contribution < 1.29 is 9.79 Å². The molecule has 0 aliphatic carbocycles. The van der Waals surface area contributed by atoms with Gasteiger partial charge in [0.1, 0.15) is 0 Å². The molecular weight excluding hydrogens is 285 g/mol. The smallest absolute Gasteiger partial charge is 0.263 e. The fourth-order valence-electron chi connectivity index (χ4n) is 1.48. The van der Waals surface area contributed by atoms with Crippen molar-refractivity contribution in [1.29, 1.82) is 0 Å². The van der Waals surface area contributed by atoms with E-state index in [-0.39, 0.29) is 0 Å². The van der Waals surface area contributed by atoms with Crippen molar-refractivity contribution in [2.24, 2.45) is 0 Å². The molecule has 0 saturated heterocycles. The number of anilines is 2. The summed E-state index contributed by atoms with van der Waals surface area (Å²) in [5, 5.41) is 0. The summed E-state index contributed by atoms with van der Waals surface area (Å²) >= 11 is 5.58. The van der Waals surface area contributed by atoms with Crippen LogP contribution in [-0.2, 0) is 11.8 Å². The van der Waals surface area contributed by atoms with E-state index in [1.807, 2.05) is 60.7 Å². The topological polar surface area (TPSA) is 43.7 Å². The lowest BCUT2D eigenvalue weighted by Crippen LogP contribution is -2.06. The molecule has 0 atom stereocenters. The molecule has 0 fully saturated rings. The summed E-state index contributed by atoms with van der Waals surface area (Å²) in [5.74, 6) is 0. The molecule has 2 aromatic rings. The minimum Gasteiger partial charge on any atom is -0.336 e. The standard InChI is InChI=1S/C12H12NO2PS2/c14-16(15,17)18-13(11-7-3-1-4-8-11)12-9-5-2-6-10-12/h1-10H,(H2,14,15,17). The zero-order chi connectivity index (χ0) is 13.0. The van der Waals surface area contributed by atoms with Gasteiger partial charge in [0, 0.05) is 11.6 Å². The molecule has 0 saturated carbocycles. The Bertz CT molecular complexity index is 505. The maximum Gasteiger partial charge on any atom is 0.263 e. The van der Waals surface area contributed by atoms with Gasteiger partial charge in [0.2, 0.25) is 0 Å². The Morgan fingerprint density at radius 3 is 1.56 bits per heavy atom. The second-order valence-corrected chi connectivity index (χ2v) is 9.29. The average molecular weight is 297 g/mol. The maximum atomic E-state index is 9.51. The highest BCUT2D eigenvalue weighted by atomic mass is 32.9. The fraction of sp³-hybridized carbons (Fsp3) is 0. The summed E-state index contributed by atoms with van der Waals surface area (Å²) in [4.78, 5) is 19.0. The first-order valence-electron chi connectivity index (χ1n) is 5.22. The Kier molecular flexibility index (Phi) is 4.43. The molecule has 6 heteroatoms. The van der Waals surface area contributed by atoms with Crippen LogP contribution in [0.2, 0.25) is 0 Å². The SMILES string of the molecule is OP(O)(=S)SN(c1ccccc1)c1ccccc1. The van der Waals surface area contributed by atoms with Crippen molar-refractivity contribution in [2.45, 2.75) is 0 Å². The van der Waals surface area contributed by atoms with Crippen LogP contribution in [0.4, 0.5) is 11.4 Å². The average Bonchev–Trinajstić information content (AvgIpc) is 2.37. The molecule has 3 nitrogen and oxygen atoms in total. The third kappa shape index (κ3) is 3.83.